The molecule has 0 amide bonds. The van der Waals surface area contributed by atoms with Crippen molar-refractivity contribution in [2.24, 2.45) is 0 Å². The highest BCUT2D eigenvalue weighted by atomic mass is 19.4. The summed E-state index contributed by atoms with van der Waals surface area (Å²) in [5, 5.41) is 14.2. The molecule has 2 aliphatic heterocycles. The van der Waals surface area contributed by atoms with Gasteiger partial charge in [0.25, 0.3) is 0 Å². The SMILES string of the molecule is O=C(O)C(F)(F)F.O=C(O)C(F)(F)F.c1ccc(CN2CCN3CC(Oc4cncnc4)CC3C2)nc1. The molecule has 2 N–H and O–H groups in total. The highest BCUT2D eigenvalue weighted by Crippen LogP contribution is 2.26. The van der Waals surface area contributed by atoms with E-state index in [9.17, 15) is 26.3 Å². The molecule has 37 heavy (non-hydrogen) atoms. The Kier molecular flexibility index (Phi) is 10.5. The maximum atomic E-state index is 10.6. The monoisotopic (exact) mass is 539 g/mol. The molecule has 2 aliphatic rings. The van der Waals surface area contributed by atoms with Crippen molar-refractivity contribution in [2.75, 3.05) is 26.2 Å². The van der Waals surface area contributed by atoms with Crippen LogP contribution in [0.1, 0.15) is 12.1 Å². The third kappa shape index (κ3) is 10.5. The number of ether oxygens (including phenoxy) is 1. The molecule has 2 unspecified atom stereocenters. The van der Waals surface area contributed by atoms with E-state index in [4.69, 9.17) is 24.5 Å². The number of carbonyl (C=O) groups is 2. The fraction of sp³-hybridized carbons (Fsp3) is 0.476. The molecule has 204 valence electrons. The van der Waals surface area contributed by atoms with Gasteiger partial charge in [0.2, 0.25) is 0 Å². The van der Waals surface area contributed by atoms with Gasteiger partial charge in [-0.25, -0.2) is 19.6 Å². The summed E-state index contributed by atoms with van der Waals surface area (Å²) < 4.78 is 69.5. The molecular weight excluding hydrogens is 516 g/mol. The average molecular weight is 539 g/mol. The van der Waals surface area contributed by atoms with E-state index in [1.807, 2.05) is 12.3 Å². The second-order valence-electron chi connectivity index (χ2n) is 7.86. The third-order valence-corrected chi connectivity index (χ3v) is 5.10. The van der Waals surface area contributed by atoms with E-state index in [0.717, 1.165) is 50.6 Å². The smallest absolute Gasteiger partial charge is 0.486 e. The minimum Gasteiger partial charge on any atom is -0.486 e. The molecule has 10 nitrogen and oxygen atoms in total. The first-order chi connectivity index (χ1) is 17.3. The quantitative estimate of drug-likeness (QED) is 0.559. The van der Waals surface area contributed by atoms with Gasteiger partial charge < -0.3 is 14.9 Å². The highest BCUT2D eigenvalue weighted by molar-refractivity contribution is 5.73. The zero-order chi connectivity index (χ0) is 27.6. The number of hydrogen-bond donors (Lipinski definition) is 2. The number of pyridine rings is 1. The van der Waals surface area contributed by atoms with Crippen LogP contribution in [-0.4, -0.2) is 97.6 Å². The van der Waals surface area contributed by atoms with Crippen molar-refractivity contribution in [3.8, 4) is 5.75 Å². The van der Waals surface area contributed by atoms with Gasteiger partial charge in [0.15, 0.2) is 5.75 Å². The van der Waals surface area contributed by atoms with Gasteiger partial charge in [-0.15, -0.1) is 0 Å². The molecule has 2 fully saturated rings. The predicted molar refractivity (Wildman–Crippen MR) is 113 cm³/mol. The van der Waals surface area contributed by atoms with Crippen LogP contribution in [0.2, 0.25) is 0 Å². The third-order valence-electron chi connectivity index (χ3n) is 5.10. The first-order valence-corrected chi connectivity index (χ1v) is 10.6. The Bertz CT molecular complexity index is 933. The second-order valence-corrected chi connectivity index (χ2v) is 7.86. The van der Waals surface area contributed by atoms with E-state index in [1.54, 1.807) is 12.4 Å². The molecule has 2 atom stereocenters. The molecule has 2 saturated heterocycles. The lowest BCUT2D eigenvalue weighted by molar-refractivity contribution is -0.193. The molecule has 0 bridgehead atoms. The predicted octanol–water partition coefficient (Wildman–Crippen LogP) is 2.48. The van der Waals surface area contributed by atoms with E-state index < -0.39 is 24.3 Å². The van der Waals surface area contributed by atoms with Gasteiger partial charge in [-0.2, -0.15) is 26.3 Å². The molecule has 0 radical (unpaired) electrons. The van der Waals surface area contributed by atoms with Crippen LogP contribution in [0.4, 0.5) is 26.3 Å². The number of rotatable bonds is 4. The number of piperazine rings is 1. The van der Waals surface area contributed by atoms with Crippen LogP contribution in [0.5, 0.6) is 5.75 Å². The molecule has 4 rings (SSSR count). The van der Waals surface area contributed by atoms with Gasteiger partial charge in [-0.05, 0) is 12.1 Å². The summed E-state index contributed by atoms with van der Waals surface area (Å²) >= 11 is 0. The molecular formula is C21H23F6N5O5. The zero-order valence-corrected chi connectivity index (χ0v) is 19.1. The Morgan fingerprint density at radius 1 is 0.973 bits per heavy atom. The number of aromatic nitrogens is 3. The molecule has 0 saturated carbocycles. The van der Waals surface area contributed by atoms with Gasteiger partial charge in [0.05, 0.1) is 18.1 Å². The maximum Gasteiger partial charge on any atom is 0.490 e. The molecule has 4 heterocycles. The summed E-state index contributed by atoms with van der Waals surface area (Å²) in [6.07, 6.45) is -2.00. The highest BCUT2D eigenvalue weighted by Gasteiger charge is 2.39. The number of carboxylic acid groups (broad SMARTS) is 2. The normalized spacial score (nSPS) is 19.9. The lowest BCUT2D eigenvalue weighted by Crippen LogP contribution is -2.49. The van der Waals surface area contributed by atoms with Crippen LogP contribution >= 0.6 is 0 Å². The lowest BCUT2D eigenvalue weighted by atomic mass is 10.1. The Balaban J connectivity index is 0.000000286. The second kappa shape index (κ2) is 13.1. The number of hydrogen-bond acceptors (Lipinski definition) is 8. The van der Waals surface area contributed by atoms with Crippen LogP contribution in [0, 0.1) is 0 Å². The largest absolute Gasteiger partial charge is 0.490 e. The van der Waals surface area contributed by atoms with Gasteiger partial charge in [0.1, 0.15) is 12.4 Å². The van der Waals surface area contributed by atoms with Crippen molar-refractivity contribution in [1.82, 2.24) is 24.8 Å². The summed E-state index contributed by atoms with van der Waals surface area (Å²) in [7, 11) is 0. The van der Waals surface area contributed by atoms with Crippen molar-refractivity contribution in [2.45, 2.75) is 37.5 Å². The van der Waals surface area contributed by atoms with Crippen LogP contribution in [-0.2, 0) is 16.1 Å². The molecule has 2 aromatic heterocycles. The Morgan fingerprint density at radius 2 is 1.57 bits per heavy atom. The van der Waals surface area contributed by atoms with Crippen molar-refractivity contribution >= 4 is 11.9 Å². The zero-order valence-electron chi connectivity index (χ0n) is 19.1. The van der Waals surface area contributed by atoms with Crippen molar-refractivity contribution < 1.29 is 50.9 Å². The molecule has 2 aromatic rings. The van der Waals surface area contributed by atoms with E-state index in [-0.39, 0.29) is 6.10 Å². The maximum absolute atomic E-state index is 10.6. The van der Waals surface area contributed by atoms with Gasteiger partial charge in [-0.1, -0.05) is 6.07 Å². The molecule has 0 spiro atoms. The van der Waals surface area contributed by atoms with E-state index in [1.165, 1.54) is 6.33 Å². The van der Waals surface area contributed by atoms with Crippen LogP contribution in [0.3, 0.4) is 0 Å². The summed E-state index contributed by atoms with van der Waals surface area (Å²) in [4.78, 5) is 35.3. The minimum absolute atomic E-state index is 0.237. The number of nitrogens with zero attached hydrogens (tertiary/aromatic N) is 5. The van der Waals surface area contributed by atoms with Crippen molar-refractivity contribution in [3.05, 3.63) is 48.8 Å². The Hall–Kier alpha value is -3.53. The molecule has 16 heteroatoms. The number of carboxylic acids is 2. The first-order valence-electron chi connectivity index (χ1n) is 10.6. The van der Waals surface area contributed by atoms with Crippen LogP contribution in [0.25, 0.3) is 0 Å². The Morgan fingerprint density at radius 3 is 2.08 bits per heavy atom. The summed E-state index contributed by atoms with van der Waals surface area (Å²) in [5.41, 5.74) is 1.15. The standard InChI is InChI=1S/C17H21N5O.2C2HF3O2/c1-2-4-20-14(3-1)10-21-5-6-22-12-16(7-15(22)11-21)23-17-8-18-13-19-9-17;2*3-2(4,5)1(6)7/h1-4,8-9,13,15-16H,5-7,10-12H2;2*(H,6,7). The van der Waals surface area contributed by atoms with E-state index >= 15 is 0 Å². The fourth-order valence-corrected chi connectivity index (χ4v) is 3.55. The summed E-state index contributed by atoms with van der Waals surface area (Å²) in [6, 6.07) is 6.69. The molecule has 0 aliphatic carbocycles. The van der Waals surface area contributed by atoms with Gasteiger partial charge in [-0.3, -0.25) is 14.8 Å². The molecule has 0 aromatic carbocycles. The summed E-state index contributed by atoms with van der Waals surface area (Å²) in [6.45, 7) is 5.21. The number of alkyl halides is 6. The van der Waals surface area contributed by atoms with Gasteiger partial charge >= 0.3 is 24.3 Å². The topological polar surface area (TPSA) is 129 Å². The number of halogens is 6. The van der Waals surface area contributed by atoms with Crippen LogP contribution < -0.4 is 4.74 Å². The Labute approximate surface area is 206 Å². The van der Waals surface area contributed by atoms with Crippen LogP contribution in [0.15, 0.2) is 43.1 Å². The number of fused-ring (bicyclic) bond motifs is 1. The average Bonchev–Trinajstić information content (AvgIpc) is 3.21. The minimum atomic E-state index is -5.08. The van der Waals surface area contributed by atoms with E-state index in [2.05, 4.69) is 36.9 Å². The lowest BCUT2D eigenvalue weighted by Gasteiger charge is -2.36. The van der Waals surface area contributed by atoms with E-state index in [0.29, 0.717) is 6.04 Å². The summed E-state index contributed by atoms with van der Waals surface area (Å²) in [5.74, 6) is -4.75. The number of aliphatic carboxylic acids is 2. The van der Waals surface area contributed by atoms with Crippen molar-refractivity contribution in [1.29, 1.82) is 0 Å². The first kappa shape index (κ1) is 29.7. The fourth-order valence-electron chi connectivity index (χ4n) is 3.55. The van der Waals surface area contributed by atoms with Crippen molar-refractivity contribution in [3.63, 3.8) is 0 Å². The van der Waals surface area contributed by atoms with Gasteiger partial charge in [0, 0.05) is 51.4 Å².